The smallest absolute Gasteiger partial charge is 0.433 e. The number of hydrogen-bond donors (Lipinski definition) is 1. The Kier molecular flexibility index (Phi) is 3.40. The Hall–Kier alpha value is -3.10. The summed E-state index contributed by atoms with van der Waals surface area (Å²) in [6.45, 7) is 0. The number of anilines is 1. The van der Waals surface area contributed by atoms with E-state index in [2.05, 4.69) is 15.5 Å². The van der Waals surface area contributed by atoms with Crippen molar-refractivity contribution in [3.63, 3.8) is 0 Å². The van der Waals surface area contributed by atoms with Crippen LogP contribution in [0.25, 0.3) is 10.9 Å². The van der Waals surface area contributed by atoms with Gasteiger partial charge in [-0.05, 0) is 23.8 Å². The highest BCUT2D eigenvalue weighted by molar-refractivity contribution is 5.91. The molecule has 0 saturated heterocycles. The van der Waals surface area contributed by atoms with Crippen molar-refractivity contribution in [2.24, 2.45) is 0 Å². The number of halogens is 3. The summed E-state index contributed by atoms with van der Waals surface area (Å²) in [5.41, 5.74) is 1.87. The summed E-state index contributed by atoms with van der Waals surface area (Å²) in [7, 11) is 0. The van der Waals surface area contributed by atoms with E-state index in [0.717, 1.165) is 10.9 Å². The number of alkyl halides is 3. The quantitative estimate of drug-likeness (QED) is 0.794. The van der Waals surface area contributed by atoms with Gasteiger partial charge in [0.2, 0.25) is 0 Å². The molecule has 0 spiro atoms. The molecular formula is C14H8F3N4O2-. The van der Waals surface area contributed by atoms with Gasteiger partial charge in [-0.3, -0.25) is 5.43 Å². The van der Waals surface area contributed by atoms with Crippen molar-refractivity contribution in [1.29, 1.82) is 0 Å². The molecule has 0 saturated carbocycles. The summed E-state index contributed by atoms with van der Waals surface area (Å²) in [5.74, 6) is -1.39. The number of nitrogens with one attached hydrogen (secondary N) is 1. The molecule has 118 valence electrons. The minimum Gasteiger partial charge on any atom is -0.545 e. The second-order valence-electron chi connectivity index (χ2n) is 4.65. The topological polar surface area (TPSA) is 82.9 Å². The third kappa shape index (κ3) is 3.07. The molecule has 9 heteroatoms. The van der Waals surface area contributed by atoms with Gasteiger partial charge >= 0.3 is 6.18 Å². The van der Waals surface area contributed by atoms with Crippen LogP contribution < -0.4 is 10.5 Å². The van der Waals surface area contributed by atoms with Gasteiger partial charge in [0.1, 0.15) is 11.5 Å². The second kappa shape index (κ2) is 5.27. The lowest BCUT2D eigenvalue weighted by atomic mass is 10.2. The normalized spacial score (nSPS) is 11.6. The van der Waals surface area contributed by atoms with Gasteiger partial charge in [0, 0.05) is 5.39 Å². The standard InChI is InChI=1S/C14H9F3N4O2/c15-14(16,17)11-2-1-3-12(18-11)20-21-7-9-5-4-8(13(22)23)6-10(9)19-21/h1-7H,(H,18,20)(H,22,23)/p-1. The predicted molar refractivity (Wildman–Crippen MR) is 72.3 cm³/mol. The van der Waals surface area contributed by atoms with Crippen molar-refractivity contribution >= 4 is 22.7 Å². The zero-order chi connectivity index (χ0) is 16.6. The first kappa shape index (κ1) is 14.8. The molecule has 0 atom stereocenters. The van der Waals surface area contributed by atoms with Crippen molar-refractivity contribution in [2.45, 2.75) is 6.18 Å². The SMILES string of the molecule is O=C([O-])c1ccc2cn(Nc3cccc(C(F)(F)F)n3)nc2c1. The van der Waals surface area contributed by atoms with Crippen LogP contribution >= 0.6 is 0 Å². The number of hydrogen-bond acceptors (Lipinski definition) is 5. The third-order valence-electron chi connectivity index (χ3n) is 3.01. The summed E-state index contributed by atoms with van der Waals surface area (Å²) in [5, 5.41) is 15.4. The van der Waals surface area contributed by atoms with Crippen LogP contribution in [0.3, 0.4) is 0 Å². The van der Waals surface area contributed by atoms with E-state index in [1.165, 1.54) is 36.5 Å². The van der Waals surface area contributed by atoms with Crippen LogP contribution in [0.2, 0.25) is 0 Å². The molecule has 0 aliphatic heterocycles. The lowest BCUT2D eigenvalue weighted by Gasteiger charge is -2.09. The third-order valence-corrected chi connectivity index (χ3v) is 3.01. The molecule has 6 nitrogen and oxygen atoms in total. The van der Waals surface area contributed by atoms with Crippen molar-refractivity contribution in [3.05, 3.63) is 53.9 Å². The van der Waals surface area contributed by atoms with Crippen LogP contribution in [-0.4, -0.2) is 20.8 Å². The Labute approximate surface area is 127 Å². The number of aromatic nitrogens is 3. The highest BCUT2D eigenvalue weighted by Gasteiger charge is 2.32. The molecule has 0 amide bonds. The fourth-order valence-corrected chi connectivity index (χ4v) is 1.97. The number of nitrogens with zero attached hydrogens (tertiary/aromatic N) is 3. The maximum absolute atomic E-state index is 12.6. The van der Waals surface area contributed by atoms with Crippen LogP contribution in [-0.2, 0) is 6.18 Å². The van der Waals surface area contributed by atoms with E-state index in [9.17, 15) is 23.1 Å². The van der Waals surface area contributed by atoms with Crippen molar-refractivity contribution in [3.8, 4) is 0 Å². The Morgan fingerprint density at radius 2 is 2.00 bits per heavy atom. The summed E-state index contributed by atoms with van der Waals surface area (Å²) >= 11 is 0. The molecule has 0 unspecified atom stereocenters. The fraction of sp³-hybridized carbons (Fsp3) is 0.0714. The van der Waals surface area contributed by atoms with Gasteiger partial charge in [0.05, 0.1) is 17.7 Å². The number of carbonyl (C=O) groups excluding carboxylic acids is 1. The minimum atomic E-state index is -4.55. The average molecular weight is 321 g/mol. The fourth-order valence-electron chi connectivity index (χ4n) is 1.97. The first-order valence-corrected chi connectivity index (χ1v) is 6.35. The lowest BCUT2D eigenvalue weighted by Crippen LogP contribution is -2.21. The van der Waals surface area contributed by atoms with Crippen LogP contribution in [0.5, 0.6) is 0 Å². The number of carboxylic acids is 1. The zero-order valence-electron chi connectivity index (χ0n) is 11.3. The zero-order valence-corrected chi connectivity index (χ0v) is 11.3. The molecule has 0 fully saturated rings. The minimum absolute atomic E-state index is 0.0417. The number of aromatic carboxylic acids is 1. The van der Waals surface area contributed by atoms with Crippen molar-refractivity contribution < 1.29 is 23.1 Å². The Morgan fingerprint density at radius 1 is 1.22 bits per heavy atom. The monoisotopic (exact) mass is 321 g/mol. The Bertz CT molecular complexity index is 889. The molecule has 2 heterocycles. The summed E-state index contributed by atoms with van der Waals surface area (Å²) in [6, 6.07) is 7.61. The molecule has 1 aromatic carbocycles. The van der Waals surface area contributed by atoms with E-state index in [0.29, 0.717) is 10.9 Å². The van der Waals surface area contributed by atoms with Gasteiger partial charge in [0.15, 0.2) is 0 Å². The number of benzene rings is 1. The van der Waals surface area contributed by atoms with E-state index >= 15 is 0 Å². The van der Waals surface area contributed by atoms with Crippen molar-refractivity contribution in [2.75, 3.05) is 5.43 Å². The van der Waals surface area contributed by atoms with E-state index in [1.54, 1.807) is 0 Å². The molecule has 23 heavy (non-hydrogen) atoms. The number of rotatable bonds is 3. The summed E-state index contributed by atoms with van der Waals surface area (Å²) in [4.78, 5) is 15.4. The lowest BCUT2D eigenvalue weighted by molar-refractivity contribution is -0.255. The molecule has 1 N–H and O–H groups in total. The van der Waals surface area contributed by atoms with E-state index in [1.807, 2.05) is 0 Å². The molecule has 0 bridgehead atoms. The molecule has 0 radical (unpaired) electrons. The Morgan fingerprint density at radius 3 is 2.70 bits per heavy atom. The molecule has 2 aromatic heterocycles. The number of carboxylic acid groups (broad SMARTS) is 1. The number of pyridine rings is 1. The molecule has 3 rings (SSSR count). The first-order chi connectivity index (χ1) is 10.8. The van der Waals surface area contributed by atoms with Gasteiger partial charge in [0.25, 0.3) is 0 Å². The number of carbonyl (C=O) groups is 1. The predicted octanol–water partition coefficient (Wildman–Crippen LogP) is 1.69. The molecular weight excluding hydrogens is 313 g/mol. The van der Waals surface area contributed by atoms with Gasteiger partial charge in [-0.25, -0.2) is 4.98 Å². The maximum Gasteiger partial charge on any atom is 0.433 e. The van der Waals surface area contributed by atoms with Crippen molar-refractivity contribution in [1.82, 2.24) is 14.9 Å². The van der Waals surface area contributed by atoms with E-state index in [4.69, 9.17) is 0 Å². The first-order valence-electron chi connectivity index (χ1n) is 6.35. The largest absolute Gasteiger partial charge is 0.545 e. The van der Waals surface area contributed by atoms with Crippen LogP contribution in [0.4, 0.5) is 19.0 Å². The summed E-state index contributed by atoms with van der Waals surface area (Å²) in [6.07, 6.45) is -3.05. The van der Waals surface area contributed by atoms with E-state index in [-0.39, 0.29) is 11.4 Å². The highest BCUT2D eigenvalue weighted by Crippen LogP contribution is 2.28. The molecule has 0 aliphatic carbocycles. The second-order valence-corrected chi connectivity index (χ2v) is 4.65. The van der Waals surface area contributed by atoms with Gasteiger partial charge in [-0.1, -0.05) is 18.2 Å². The Balaban J connectivity index is 1.91. The van der Waals surface area contributed by atoms with Crippen LogP contribution in [0.1, 0.15) is 16.1 Å². The maximum atomic E-state index is 12.6. The van der Waals surface area contributed by atoms with Crippen LogP contribution in [0, 0.1) is 0 Å². The highest BCUT2D eigenvalue weighted by atomic mass is 19.4. The van der Waals surface area contributed by atoms with Gasteiger partial charge in [-0.2, -0.15) is 23.1 Å². The average Bonchev–Trinajstić information content (AvgIpc) is 2.87. The summed E-state index contributed by atoms with van der Waals surface area (Å²) < 4.78 is 37.9. The molecule has 0 aliphatic rings. The van der Waals surface area contributed by atoms with E-state index < -0.39 is 17.8 Å². The van der Waals surface area contributed by atoms with Gasteiger partial charge < -0.3 is 9.90 Å². The number of fused-ring (bicyclic) bond motifs is 1. The van der Waals surface area contributed by atoms with Gasteiger partial charge in [-0.15, -0.1) is 0 Å². The van der Waals surface area contributed by atoms with Crippen LogP contribution in [0.15, 0.2) is 42.6 Å². The molecule has 3 aromatic rings.